The minimum Gasteiger partial charge on any atom is -0.396 e. The molecule has 0 heterocycles. The predicted octanol–water partition coefficient (Wildman–Crippen LogP) is 1.82. The Hall–Kier alpha value is -0.0800. The Morgan fingerprint density at radius 1 is 1.36 bits per heavy atom. The van der Waals surface area contributed by atoms with Crippen molar-refractivity contribution < 1.29 is 9.84 Å². The number of aliphatic hydroxyl groups is 1. The molecule has 2 heteroatoms. The van der Waals surface area contributed by atoms with E-state index in [2.05, 4.69) is 13.8 Å². The van der Waals surface area contributed by atoms with Crippen molar-refractivity contribution in [2.24, 2.45) is 5.41 Å². The normalized spacial score (nSPS) is 12.5. The molecule has 0 aromatic carbocycles. The lowest BCUT2D eigenvalue weighted by molar-refractivity contribution is 0.0119. The van der Waals surface area contributed by atoms with Crippen LogP contribution in [-0.2, 0) is 4.74 Å². The van der Waals surface area contributed by atoms with Crippen molar-refractivity contribution in [3.63, 3.8) is 0 Å². The molecule has 0 aromatic heterocycles. The lowest BCUT2D eigenvalue weighted by atomic mass is 9.91. The van der Waals surface area contributed by atoms with Gasteiger partial charge in [-0.3, -0.25) is 0 Å². The first-order chi connectivity index (χ1) is 4.98. The monoisotopic (exact) mass is 160 g/mol. The van der Waals surface area contributed by atoms with E-state index in [1.165, 1.54) is 0 Å². The van der Waals surface area contributed by atoms with Gasteiger partial charge in [0.25, 0.3) is 0 Å². The molecule has 0 spiro atoms. The first kappa shape index (κ1) is 10.9. The Bertz CT molecular complexity index is 97.7. The first-order valence-corrected chi connectivity index (χ1v) is 4.20. The van der Waals surface area contributed by atoms with Crippen molar-refractivity contribution in [3.05, 3.63) is 0 Å². The molecule has 0 aromatic rings. The highest BCUT2D eigenvalue weighted by Crippen LogP contribution is 2.20. The molecule has 0 saturated carbocycles. The highest BCUT2D eigenvalue weighted by Gasteiger charge is 2.17. The van der Waals surface area contributed by atoms with E-state index in [1.54, 1.807) is 0 Å². The average Bonchev–Trinajstić information content (AvgIpc) is 1.84. The summed E-state index contributed by atoms with van der Waals surface area (Å²) in [6.07, 6.45) is 1.09. The fourth-order valence-electron chi connectivity index (χ4n) is 0.767. The second-order valence-corrected chi connectivity index (χ2v) is 4.00. The molecule has 0 saturated heterocycles. The fraction of sp³-hybridized carbons (Fsp3) is 1.00. The highest BCUT2D eigenvalue weighted by atomic mass is 16.5. The second kappa shape index (κ2) is 4.73. The minimum atomic E-state index is 0.110. The average molecular weight is 160 g/mol. The van der Waals surface area contributed by atoms with Crippen LogP contribution >= 0.6 is 0 Å². The number of aliphatic hydroxyl groups excluding tert-OH is 1. The maximum atomic E-state index is 8.71. The standard InChI is InChI=1S/C9H20O2/c1-8(2)11-7-9(3,4)5-6-10/h8,10H,5-7H2,1-4H3. The van der Waals surface area contributed by atoms with Gasteiger partial charge in [-0.05, 0) is 25.7 Å². The molecule has 0 amide bonds. The second-order valence-electron chi connectivity index (χ2n) is 4.00. The van der Waals surface area contributed by atoms with Crippen molar-refractivity contribution in [1.82, 2.24) is 0 Å². The zero-order chi connectivity index (χ0) is 8.91. The Morgan fingerprint density at radius 2 is 1.91 bits per heavy atom. The van der Waals surface area contributed by atoms with Crippen molar-refractivity contribution >= 4 is 0 Å². The smallest absolute Gasteiger partial charge is 0.0521 e. The molecule has 0 radical (unpaired) electrons. The van der Waals surface area contributed by atoms with Crippen LogP contribution in [0.2, 0.25) is 0 Å². The van der Waals surface area contributed by atoms with E-state index < -0.39 is 0 Å². The van der Waals surface area contributed by atoms with Gasteiger partial charge in [0, 0.05) is 6.61 Å². The van der Waals surface area contributed by atoms with Gasteiger partial charge in [0.05, 0.1) is 12.7 Å². The van der Waals surface area contributed by atoms with Crippen molar-refractivity contribution in [2.75, 3.05) is 13.2 Å². The van der Waals surface area contributed by atoms with Crippen molar-refractivity contribution in [3.8, 4) is 0 Å². The van der Waals surface area contributed by atoms with Gasteiger partial charge in [-0.2, -0.15) is 0 Å². The summed E-state index contributed by atoms with van der Waals surface area (Å²) >= 11 is 0. The quantitative estimate of drug-likeness (QED) is 0.664. The molecule has 2 nitrogen and oxygen atoms in total. The lowest BCUT2D eigenvalue weighted by Gasteiger charge is -2.24. The van der Waals surface area contributed by atoms with Gasteiger partial charge in [-0.15, -0.1) is 0 Å². The number of rotatable bonds is 5. The molecule has 0 bridgehead atoms. The van der Waals surface area contributed by atoms with Gasteiger partial charge < -0.3 is 9.84 Å². The van der Waals surface area contributed by atoms with Crippen LogP contribution in [-0.4, -0.2) is 24.4 Å². The maximum absolute atomic E-state index is 8.71. The van der Waals surface area contributed by atoms with Gasteiger partial charge in [0.1, 0.15) is 0 Å². The molecular formula is C9H20O2. The zero-order valence-electron chi connectivity index (χ0n) is 8.05. The minimum absolute atomic E-state index is 0.110. The fourth-order valence-corrected chi connectivity index (χ4v) is 0.767. The largest absolute Gasteiger partial charge is 0.396 e. The summed E-state index contributed by atoms with van der Waals surface area (Å²) in [6, 6.07) is 0. The molecule has 1 N–H and O–H groups in total. The van der Waals surface area contributed by atoms with Gasteiger partial charge in [0.2, 0.25) is 0 Å². The molecule has 0 atom stereocenters. The molecular weight excluding hydrogens is 140 g/mol. The van der Waals surface area contributed by atoms with Crippen molar-refractivity contribution in [1.29, 1.82) is 0 Å². The van der Waals surface area contributed by atoms with Crippen molar-refractivity contribution in [2.45, 2.75) is 40.2 Å². The third-order valence-corrected chi connectivity index (χ3v) is 1.60. The first-order valence-electron chi connectivity index (χ1n) is 4.20. The Balaban J connectivity index is 3.54. The van der Waals surface area contributed by atoms with E-state index in [0.717, 1.165) is 13.0 Å². The van der Waals surface area contributed by atoms with E-state index in [1.807, 2.05) is 13.8 Å². The molecule has 68 valence electrons. The van der Waals surface area contributed by atoms with E-state index in [0.29, 0.717) is 0 Å². The van der Waals surface area contributed by atoms with Crippen LogP contribution in [0.1, 0.15) is 34.1 Å². The van der Waals surface area contributed by atoms with Gasteiger partial charge >= 0.3 is 0 Å². The van der Waals surface area contributed by atoms with Crippen LogP contribution < -0.4 is 0 Å². The summed E-state index contributed by atoms with van der Waals surface area (Å²) in [5.41, 5.74) is 0.110. The van der Waals surface area contributed by atoms with Crippen LogP contribution in [0.4, 0.5) is 0 Å². The number of ether oxygens (including phenoxy) is 1. The van der Waals surface area contributed by atoms with Crippen LogP contribution in [0.15, 0.2) is 0 Å². The summed E-state index contributed by atoms with van der Waals surface area (Å²) in [7, 11) is 0. The molecule has 0 rings (SSSR count). The summed E-state index contributed by atoms with van der Waals surface area (Å²) in [5.74, 6) is 0. The van der Waals surface area contributed by atoms with Crippen LogP contribution in [0, 0.1) is 5.41 Å². The Labute approximate surface area is 69.6 Å². The van der Waals surface area contributed by atoms with Gasteiger partial charge in [-0.25, -0.2) is 0 Å². The van der Waals surface area contributed by atoms with Crippen LogP contribution in [0.3, 0.4) is 0 Å². The van der Waals surface area contributed by atoms with Crippen LogP contribution in [0.5, 0.6) is 0 Å². The summed E-state index contributed by atoms with van der Waals surface area (Å²) in [5, 5.41) is 8.71. The molecule has 11 heavy (non-hydrogen) atoms. The van der Waals surface area contributed by atoms with Gasteiger partial charge in [-0.1, -0.05) is 13.8 Å². The summed E-state index contributed by atoms with van der Waals surface area (Å²) in [4.78, 5) is 0. The number of hydrogen-bond acceptors (Lipinski definition) is 2. The summed E-state index contributed by atoms with van der Waals surface area (Å²) < 4.78 is 5.45. The van der Waals surface area contributed by atoms with E-state index in [4.69, 9.17) is 9.84 Å². The third-order valence-electron chi connectivity index (χ3n) is 1.60. The lowest BCUT2D eigenvalue weighted by Crippen LogP contribution is -2.22. The highest BCUT2D eigenvalue weighted by molar-refractivity contribution is 4.67. The van der Waals surface area contributed by atoms with Gasteiger partial charge in [0.15, 0.2) is 0 Å². The maximum Gasteiger partial charge on any atom is 0.0521 e. The molecule has 0 aliphatic heterocycles. The van der Waals surface area contributed by atoms with E-state index in [-0.39, 0.29) is 18.1 Å². The topological polar surface area (TPSA) is 29.5 Å². The molecule has 0 fully saturated rings. The zero-order valence-corrected chi connectivity index (χ0v) is 8.05. The van der Waals surface area contributed by atoms with E-state index >= 15 is 0 Å². The third kappa shape index (κ3) is 6.32. The Kier molecular flexibility index (Phi) is 4.69. The van der Waals surface area contributed by atoms with E-state index in [9.17, 15) is 0 Å². The Morgan fingerprint density at radius 3 is 2.27 bits per heavy atom. The molecule has 0 aliphatic rings. The van der Waals surface area contributed by atoms with Crippen LogP contribution in [0.25, 0.3) is 0 Å². The molecule has 0 unspecified atom stereocenters. The molecule has 0 aliphatic carbocycles. The SMILES string of the molecule is CC(C)OCC(C)(C)CCO. The predicted molar refractivity (Wildman–Crippen MR) is 46.6 cm³/mol. The number of hydrogen-bond donors (Lipinski definition) is 1. The summed E-state index contributed by atoms with van der Waals surface area (Å²) in [6.45, 7) is 9.22.